The fourth-order valence-electron chi connectivity index (χ4n) is 1.17. The number of sulfone groups is 1. The van der Waals surface area contributed by atoms with Crippen molar-refractivity contribution >= 4 is 21.2 Å². The van der Waals surface area contributed by atoms with E-state index < -0.39 is 9.84 Å². The van der Waals surface area contributed by atoms with E-state index in [2.05, 4.69) is 22.4 Å². The van der Waals surface area contributed by atoms with Crippen molar-refractivity contribution in [3.63, 3.8) is 0 Å². The van der Waals surface area contributed by atoms with Crippen LogP contribution in [0.2, 0.25) is 0 Å². The third kappa shape index (κ3) is 4.54. The normalized spacial score (nSPS) is 13.9. The van der Waals surface area contributed by atoms with Gasteiger partial charge >= 0.3 is 0 Å². The van der Waals surface area contributed by atoms with Crippen molar-refractivity contribution in [2.45, 2.75) is 32.1 Å². The maximum Gasteiger partial charge on any atom is 0.154 e. The van der Waals surface area contributed by atoms with E-state index in [1.165, 1.54) is 17.6 Å². The number of nitrogens with zero attached hydrogens (tertiary/aromatic N) is 2. The Bertz CT molecular complexity index is 428. The van der Waals surface area contributed by atoms with Crippen LogP contribution in [-0.4, -0.2) is 31.4 Å². The third-order valence-corrected chi connectivity index (χ3v) is 4.03. The maximum absolute atomic E-state index is 11.1. The molecule has 0 aliphatic heterocycles. The van der Waals surface area contributed by atoms with Gasteiger partial charge in [-0.05, 0) is 19.9 Å². The van der Waals surface area contributed by atoms with E-state index in [0.717, 1.165) is 18.0 Å². The molecule has 1 atom stereocenters. The van der Waals surface area contributed by atoms with Crippen molar-refractivity contribution in [1.29, 1.82) is 0 Å². The molecule has 92 valence electrons. The Labute approximate surface area is 100 Å². The highest BCUT2D eigenvalue weighted by molar-refractivity contribution is 7.90. The molecule has 1 aromatic heterocycles. The predicted molar refractivity (Wildman–Crippen MR) is 65.2 cm³/mol. The van der Waals surface area contributed by atoms with Crippen LogP contribution >= 0.6 is 11.3 Å². The van der Waals surface area contributed by atoms with E-state index in [-0.39, 0.29) is 11.8 Å². The van der Waals surface area contributed by atoms with Crippen molar-refractivity contribution in [2.75, 3.05) is 12.8 Å². The topological polar surface area (TPSA) is 72.0 Å². The first-order chi connectivity index (χ1) is 7.42. The van der Waals surface area contributed by atoms with E-state index >= 15 is 0 Å². The average Bonchev–Trinajstić information content (AvgIpc) is 2.59. The summed E-state index contributed by atoms with van der Waals surface area (Å²) in [7, 11) is -3.02. The van der Waals surface area contributed by atoms with Gasteiger partial charge in [0.05, 0.1) is 6.04 Å². The Balaban J connectivity index is 2.64. The highest BCUT2D eigenvalue weighted by Gasteiger charge is 2.14. The summed E-state index contributed by atoms with van der Waals surface area (Å²) in [5.41, 5.74) is 0. The minimum absolute atomic E-state index is 0.0227. The molecule has 0 fully saturated rings. The SMILES string of the molecule is CCCNC(C)c1nnc(CS(C)(=O)=O)s1. The van der Waals surface area contributed by atoms with Crippen LogP contribution in [-0.2, 0) is 15.6 Å². The Morgan fingerprint density at radius 3 is 2.69 bits per heavy atom. The molecule has 1 aromatic rings. The Kier molecular flexibility index (Phi) is 4.82. The zero-order valence-corrected chi connectivity index (χ0v) is 11.4. The van der Waals surface area contributed by atoms with E-state index in [9.17, 15) is 8.42 Å². The summed E-state index contributed by atoms with van der Waals surface area (Å²) in [5.74, 6) is -0.0227. The lowest BCUT2D eigenvalue weighted by atomic mass is 10.3. The van der Waals surface area contributed by atoms with E-state index in [1.54, 1.807) is 0 Å². The number of aromatic nitrogens is 2. The second kappa shape index (κ2) is 5.70. The molecule has 0 aliphatic rings. The monoisotopic (exact) mass is 263 g/mol. The van der Waals surface area contributed by atoms with Crippen LogP contribution in [0.4, 0.5) is 0 Å². The summed E-state index contributed by atoms with van der Waals surface area (Å²) >= 11 is 1.35. The minimum Gasteiger partial charge on any atom is -0.308 e. The van der Waals surface area contributed by atoms with Crippen LogP contribution in [0.15, 0.2) is 0 Å². The lowest BCUT2D eigenvalue weighted by Gasteiger charge is -2.08. The lowest BCUT2D eigenvalue weighted by Crippen LogP contribution is -2.19. The molecule has 16 heavy (non-hydrogen) atoms. The third-order valence-electron chi connectivity index (χ3n) is 1.94. The van der Waals surface area contributed by atoms with E-state index in [0.29, 0.717) is 5.01 Å². The van der Waals surface area contributed by atoms with Gasteiger partial charge in [0, 0.05) is 6.26 Å². The summed E-state index contributed by atoms with van der Waals surface area (Å²) in [6.45, 7) is 5.01. The fraction of sp³-hybridized carbons (Fsp3) is 0.778. The molecular formula is C9H17N3O2S2. The maximum atomic E-state index is 11.1. The minimum atomic E-state index is -3.02. The second-order valence-corrected chi connectivity index (χ2v) is 7.01. The molecule has 0 amide bonds. The molecule has 0 radical (unpaired) electrons. The van der Waals surface area contributed by atoms with Crippen molar-refractivity contribution in [3.8, 4) is 0 Å². The van der Waals surface area contributed by atoms with Crippen molar-refractivity contribution in [3.05, 3.63) is 10.0 Å². The van der Waals surface area contributed by atoms with Crippen LogP contribution in [0.25, 0.3) is 0 Å². The van der Waals surface area contributed by atoms with Gasteiger partial charge in [-0.1, -0.05) is 18.3 Å². The average molecular weight is 263 g/mol. The first-order valence-corrected chi connectivity index (χ1v) is 8.03. The molecule has 1 N–H and O–H groups in total. The predicted octanol–water partition coefficient (Wildman–Crippen LogP) is 1.14. The summed E-state index contributed by atoms with van der Waals surface area (Å²) in [5, 5.41) is 12.6. The van der Waals surface area contributed by atoms with Gasteiger partial charge in [0.1, 0.15) is 15.8 Å². The smallest absolute Gasteiger partial charge is 0.154 e. The first kappa shape index (κ1) is 13.5. The molecule has 1 unspecified atom stereocenters. The first-order valence-electron chi connectivity index (χ1n) is 5.15. The Morgan fingerprint density at radius 1 is 1.44 bits per heavy atom. The Hall–Kier alpha value is -0.530. The van der Waals surface area contributed by atoms with E-state index in [1.807, 2.05) is 6.92 Å². The largest absolute Gasteiger partial charge is 0.308 e. The van der Waals surface area contributed by atoms with Crippen molar-refractivity contribution < 1.29 is 8.42 Å². The standard InChI is InChI=1S/C9H17N3O2S2/c1-4-5-10-7(2)9-12-11-8(15-9)6-16(3,13)14/h7,10H,4-6H2,1-3H3. The lowest BCUT2D eigenvalue weighted by molar-refractivity contribution is 0.564. The fourth-order valence-corrected chi connectivity index (χ4v) is 3.22. The summed E-state index contributed by atoms with van der Waals surface area (Å²) in [6, 6.07) is 0.130. The molecule has 0 spiro atoms. The zero-order chi connectivity index (χ0) is 12.2. The summed E-state index contributed by atoms with van der Waals surface area (Å²) < 4.78 is 22.2. The highest BCUT2D eigenvalue weighted by atomic mass is 32.2. The van der Waals surface area contributed by atoms with Gasteiger partial charge in [0.2, 0.25) is 0 Å². The van der Waals surface area contributed by atoms with Gasteiger partial charge in [-0.15, -0.1) is 10.2 Å². The Morgan fingerprint density at radius 2 is 2.12 bits per heavy atom. The molecule has 5 nitrogen and oxygen atoms in total. The van der Waals surface area contributed by atoms with Crippen molar-refractivity contribution in [1.82, 2.24) is 15.5 Å². The molecule has 7 heteroatoms. The second-order valence-electron chi connectivity index (χ2n) is 3.78. The molecular weight excluding hydrogens is 246 g/mol. The summed E-state index contributed by atoms with van der Waals surface area (Å²) in [6.07, 6.45) is 2.26. The quantitative estimate of drug-likeness (QED) is 0.833. The van der Waals surface area contributed by atoms with Gasteiger partial charge in [0.15, 0.2) is 9.84 Å². The number of rotatable bonds is 6. The highest BCUT2D eigenvalue weighted by Crippen LogP contribution is 2.18. The number of nitrogens with one attached hydrogen (secondary N) is 1. The summed E-state index contributed by atoms with van der Waals surface area (Å²) in [4.78, 5) is 0. The van der Waals surface area contributed by atoms with Crippen LogP contribution in [0.1, 0.15) is 36.3 Å². The zero-order valence-electron chi connectivity index (χ0n) is 9.73. The number of hydrogen-bond donors (Lipinski definition) is 1. The van der Waals surface area contributed by atoms with Gasteiger partial charge < -0.3 is 5.32 Å². The molecule has 0 aliphatic carbocycles. The van der Waals surface area contributed by atoms with E-state index in [4.69, 9.17) is 0 Å². The van der Waals surface area contributed by atoms with Gasteiger partial charge in [0.25, 0.3) is 0 Å². The van der Waals surface area contributed by atoms with Crippen LogP contribution in [0.3, 0.4) is 0 Å². The van der Waals surface area contributed by atoms with Gasteiger partial charge in [-0.25, -0.2) is 8.42 Å². The van der Waals surface area contributed by atoms with Gasteiger partial charge in [-0.3, -0.25) is 0 Å². The van der Waals surface area contributed by atoms with Crippen LogP contribution < -0.4 is 5.32 Å². The molecule has 0 bridgehead atoms. The van der Waals surface area contributed by atoms with Gasteiger partial charge in [-0.2, -0.15) is 0 Å². The number of hydrogen-bond acceptors (Lipinski definition) is 6. The van der Waals surface area contributed by atoms with Crippen LogP contribution in [0, 0.1) is 0 Å². The molecule has 1 heterocycles. The van der Waals surface area contributed by atoms with Crippen LogP contribution in [0.5, 0.6) is 0 Å². The van der Waals surface area contributed by atoms with Crippen molar-refractivity contribution in [2.24, 2.45) is 0 Å². The molecule has 0 saturated heterocycles. The molecule has 0 saturated carbocycles. The molecule has 0 aromatic carbocycles. The molecule has 1 rings (SSSR count).